The highest BCUT2D eigenvalue weighted by molar-refractivity contribution is 5.59. The molecule has 0 spiro atoms. The fraction of sp³-hybridized carbons (Fsp3) is 0.0870. The molecule has 0 unspecified atom stereocenters. The number of hydrogen-bond acceptors (Lipinski definition) is 5. The van der Waals surface area contributed by atoms with Crippen LogP contribution in [0.15, 0.2) is 84.3 Å². The number of allylic oxidation sites excluding steroid dienone is 1. The van der Waals surface area contributed by atoms with Crippen molar-refractivity contribution in [3.63, 3.8) is 0 Å². The number of nitrogens with two attached hydrogens (primary N) is 2. The molecule has 0 aromatic heterocycles. The molecule has 4 N–H and O–H groups in total. The third-order valence-electron chi connectivity index (χ3n) is 4.70. The Morgan fingerprint density at radius 2 is 1.71 bits per heavy atom. The number of ether oxygens (including phenoxy) is 2. The summed E-state index contributed by atoms with van der Waals surface area (Å²) in [6, 6.07) is 25.2. The van der Waals surface area contributed by atoms with Gasteiger partial charge in [-0.1, -0.05) is 48.5 Å². The number of fused-ring (bicyclic) bond motifs is 1. The lowest BCUT2D eigenvalue weighted by Crippen LogP contribution is -2.21. The molecular formula is C23H19N3O2. The summed E-state index contributed by atoms with van der Waals surface area (Å²) in [5.41, 5.74) is 15.7. The molecule has 5 heteroatoms. The van der Waals surface area contributed by atoms with Crippen molar-refractivity contribution in [2.24, 2.45) is 5.73 Å². The molecule has 3 aromatic carbocycles. The van der Waals surface area contributed by atoms with E-state index in [1.807, 2.05) is 60.7 Å². The van der Waals surface area contributed by atoms with Crippen LogP contribution >= 0.6 is 0 Å². The van der Waals surface area contributed by atoms with Gasteiger partial charge in [0.1, 0.15) is 29.7 Å². The monoisotopic (exact) mass is 369 g/mol. The number of rotatable bonds is 4. The van der Waals surface area contributed by atoms with Crippen LogP contribution in [-0.4, -0.2) is 0 Å². The van der Waals surface area contributed by atoms with Crippen molar-refractivity contribution in [3.8, 4) is 17.6 Å². The minimum Gasteiger partial charge on any atom is -0.489 e. The standard InChI is InChI=1S/C23H19N3O2/c24-13-20-22(19-11-8-17(25)12-21(19)28-23(20)26)16-6-9-18(10-7-16)27-14-15-4-2-1-3-5-15/h1-12,22H,14,25-26H2/t22-/m1/s1. The Kier molecular flexibility index (Phi) is 4.61. The average Bonchev–Trinajstić information content (AvgIpc) is 2.72. The predicted molar refractivity (Wildman–Crippen MR) is 107 cm³/mol. The molecule has 5 nitrogen and oxygen atoms in total. The molecule has 138 valence electrons. The zero-order valence-corrected chi connectivity index (χ0v) is 15.1. The summed E-state index contributed by atoms with van der Waals surface area (Å²) in [6.45, 7) is 0.496. The SMILES string of the molecule is N#CC1=C(N)Oc2cc(N)ccc2[C@H]1c1ccc(OCc2ccccc2)cc1. The van der Waals surface area contributed by atoms with Gasteiger partial charge < -0.3 is 20.9 Å². The van der Waals surface area contributed by atoms with E-state index in [9.17, 15) is 5.26 Å². The van der Waals surface area contributed by atoms with E-state index in [0.29, 0.717) is 23.6 Å². The highest BCUT2D eigenvalue weighted by atomic mass is 16.5. The van der Waals surface area contributed by atoms with Crippen LogP contribution in [0.25, 0.3) is 0 Å². The van der Waals surface area contributed by atoms with Crippen molar-refractivity contribution in [1.82, 2.24) is 0 Å². The summed E-state index contributed by atoms with van der Waals surface area (Å²) in [6.07, 6.45) is 0. The van der Waals surface area contributed by atoms with E-state index in [4.69, 9.17) is 20.9 Å². The van der Waals surface area contributed by atoms with E-state index in [-0.39, 0.29) is 11.8 Å². The number of anilines is 1. The molecule has 1 aliphatic heterocycles. The topological polar surface area (TPSA) is 94.3 Å². The molecule has 3 aromatic rings. The van der Waals surface area contributed by atoms with Crippen molar-refractivity contribution in [1.29, 1.82) is 5.26 Å². The Morgan fingerprint density at radius 1 is 0.964 bits per heavy atom. The molecule has 28 heavy (non-hydrogen) atoms. The van der Waals surface area contributed by atoms with Crippen LogP contribution in [0.2, 0.25) is 0 Å². The molecule has 0 saturated carbocycles. The molecule has 1 atom stereocenters. The van der Waals surface area contributed by atoms with E-state index in [2.05, 4.69) is 6.07 Å². The fourth-order valence-electron chi connectivity index (χ4n) is 3.31. The van der Waals surface area contributed by atoms with Gasteiger partial charge in [0.25, 0.3) is 0 Å². The minimum absolute atomic E-state index is 0.106. The highest BCUT2D eigenvalue weighted by Gasteiger charge is 2.30. The van der Waals surface area contributed by atoms with E-state index in [0.717, 1.165) is 22.4 Å². The number of nitrogens with zero attached hydrogens (tertiary/aromatic N) is 1. The van der Waals surface area contributed by atoms with E-state index in [1.165, 1.54) is 0 Å². The van der Waals surface area contributed by atoms with Gasteiger partial charge in [-0.15, -0.1) is 0 Å². The summed E-state index contributed by atoms with van der Waals surface area (Å²) in [4.78, 5) is 0. The third-order valence-corrected chi connectivity index (χ3v) is 4.70. The summed E-state index contributed by atoms with van der Waals surface area (Å²) in [7, 11) is 0. The molecule has 0 aliphatic carbocycles. The van der Waals surface area contributed by atoms with Crippen LogP contribution in [0.4, 0.5) is 5.69 Å². The van der Waals surface area contributed by atoms with Gasteiger partial charge in [0, 0.05) is 17.3 Å². The molecule has 1 heterocycles. The molecule has 0 radical (unpaired) electrons. The number of nitrogen functional groups attached to an aromatic ring is 1. The molecule has 1 aliphatic rings. The van der Waals surface area contributed by atoms with Crippen molar-refractivity contribution in [3.05, 3.63) is 101 Å². The number of hydrogen-bond donors (Lipinski definition) is 2. The first kappa shape index (κ1) is 17.5. The normalized spacial score (nSPS) is 15.3. The fourth-order valence-corrected chi connectivity index (χ4v) is 3.31. The summed E-state index contributed by atoms with van der Waals surface area (Å²) < 4.78 is 11.5. The summed E-state index contributed by atoms with van der Waals surface area (Å²) in [5, 5.41) is 9.62. The van der Waals surface area contributed by atoms with Crippen molar-refractivity contribution >= 4 is 5.69 Å². The summed E-state index contributed by atoms with van der Waals surface area (Å²) >= 11 is 0. The second-order valence-corrected chi connectivity index (χ2v) is 6.57. The lowest BCUT2D eigenvalue weighted by Gasteiger charge is -2.26. The van der Waals surface area contributed by atoms with Crippen molar-refractivity contribution in [2.45, 2.75) is 12.5 Å². The Hall–Kier alpha value is -3.91. The smallest absolute Gasteiger partial charge is 0.205 e. The second kappa shape index (κ2) is 7.37. The van der Waals surface area contributed by atoms with Crippen LogP contribution in [0, 0.1) is 11.3 Å². The molecular weight excluding hydrogens is 350 g/mol. The lowest BCUT2D eigenvalue weighted by molar-refractivity contribution is 0.306. The van der Waals surface area contributed by atoms with Gasteiger partial charge in [-0.3, -0.25) is 0 Å². The molecule has 0 saturated heterocycles. The first-order chi connectivity index (χ1) is 13.7. The van der Waals surface area contributed by atoms with Crippen LogP contribution < -0.4 is 20.9 Å². The van der Waals surface area contributed by atoms with Gasteiger partial charge in [-0.25, -0.2) is 0 Å². The molecule has 0 fully saturated rings. The van der Waals surface area contributed by atoms with Gasteiger partial charge in [0.2, 0.25) is 5.88 Å². The minimum atomic E-state index is -0.308. The number of nitriles is 1. The Bertz CT molecular complexity index is 1070. The largest absolute Gasteiger partial charge is 0.489 e. The van der Waals surface area contributed by atoms with Crippen molar-refractivity contribution in [2.75, 3.05) is 5.73 Å². The number of benzene rings is 3. The maximum atomic E-state index is 9.62. The maximum absolute atomic E-state index is 9.62. The van der Waals surface area contributed by atoms with E-state index in [1.54, 1.807) is 12.1 Å². The lowest BCUT2D eigenvalue weighted by atomic mass is 9.83. The quantitative estimate of drug-likeness (QED) is 0.676. The Morgan fingerprint density at radius 3 is 2.43 bits per heavy atom. The second-order valence-electron chi connectivity index (χ2n) is 6.57. The molecule has 4 rings (SSSR count). The zero-order chi connectivity index (χ0) is 19.5. The first-order valence-electron chi connectivity index (χ1n) is 8.89. The highest BCUT2D eigenvalue weighted by Crippen LogP contribution is 2.42. The third kappa shape index (κ3) is 3.36. The van der Waals surface area contributed by atoms with Gasteiger partial charge in [0.05, 0.1) is 5.92 Å². The zero-order valence-electron chi connectivity index (χ0n) is 15.1. The van der Waals surface area contributed by atoms with Crippen LogP contribution in [0.5, 0.6) is 11.5 Å². The van der Waals surface area contributed by atoms with Crippen LogP contribution in [0.3, 0.4) is 0 Å². The Balaban J connectivity index is 1.62. The van der Waals surface area contributed by atoms with Gasteiger partial charge in [-0.05, 0) is 29.3 Å². The van der Waals surface area contributed by atoms with Crippen molar-refractivity contribution < 1.29 is 9.47 Å². The summed E-state index contributed by atoms with van der Waals surface area (Å²) in [5.74, 6) is 1.13. The predicted octanol–water partition coefficient (Wildman–Crippen LogP) is 4.07. The Labute approximate surface area is 163 Å². The van der Waals surface area contributed by atoms with E-state index < -0.39 is 0 Å². The van der Waals surface area contributed by atoms with Gasteiger partial charge in [-0.2, -0.15) is 5.26 Å². The van der Waals surface area contributed by atoms with Crippen LogP contribution in [0.1, 0.15) is 22.6 Å². The maximum Gasteiger partial charge on any atom is 0.205 e. The van der Waals surface area contributed by atoms with Gasteiger partial charge >= 0.3 is 0 Å². The van der Waals surface area contributed by atoms with Crippen LogP contribution in [-0.2, 0) is 6.61 Å². The van der Waals surface area contributed by atoms with Gasteiger partial charge in [0.15, 0.2) is 0 Å². The molecule has 0 amide bonds. The van der Waals surface area contributed by atoms with E-state index >= 15 is 0 Å². The average molecular weight is 369 g/mol. The molecule has 0 bridgehead atoms. The first-order valence-corrected chi connectivity index (χ1v) is 8.89.